The lowest BCUT2D eigenvalue weighted by atomic mass is 10.1. The molecule has 0 unspecified atom stereocenters. The van der Waals surface area contributed by atoms with Crippen LogP contribution in [0, 0.1) is 6.92 Å². The van der Waals surface area contributed by atoms with E-state index in [1.807, 2.05) is 23.6 Å². The Bertz CT molecular complexity index is 643. The molecule has 1 aromatic carbocycles. The van der Waals surface area contributed by atoms with Crippen molar-refractivity contribution in [2.75, 3.05) is 13.1 Å². The molecule has 1 saturated heterocycles. The van der Waals surface area contributed by atoms with Crippen molar-refractivity contribution in [2.45, 2.75) is 19.4 Å². The summed E-state index contributed by atoms with van der Waals surface area (Å²) in [4.78, 5) is 18.6. The van der Waals surface area contributed by atoms with Crippen LogP contribution in [0.25, 0.3) is 10.6 Å². The Labute approximate surface area is 134 Å². The summed E-state index contributed by atoms with van der Waals surface area (Å²) in [5, 5.41) is 2.74. The van der Waals surface area contributed by atoms with Crippen molar-refractivity contribution in [1.29, 1.82) is 0 Å². The average Bonchev–Trinajstić information content (AvgIpc) is 3.07. The number of nitrogens with two attached hydrogens (primary N) is 1. The molecule has 0 aliphatic carbocycles. The molecule has 21 heavy (non-hydrogen) atoms. The maximum absolute atomic E-state index is 12.3. The zero-order chi connectivity index (χ0) is 14.1. The summed E-state index contributed by atoms with van der Waals surface area (Å²) in [6, 6.07) is 8.19. The predicted molar refractivity (Wildman–Crippen MR) is 88.0 cm³/mol. The van der Waals surface area contributed by atoms with Gasteiger partial charge in [0.25, 0.3) is 5.91 Å². The molecule has 1 aliphatic heterocycles. The standard InChI is InChI=1S/C15H17N3OS.ClH/c1-10-4-2-3-5-12(10)14-17-13(9-20-14)15(19)18-7-6-11(16)8-18;/h2-5,9,11H,6-8,16H2,1H3;1H/t11-;/m1./s1. The molecule has 1 atom stereocenters. The van der Waals surface area contributed by atoms with Gasteiger partial charge < -0.3 is 10.6 Å². The van der Waals surface area contributed by atoms with Crippen LogP contribution in [0.3, 0.4) is 0 Å². The lowest BCUT2D eigenvalue weighted by molar-refractivity contribution is 0.0786. The molecule has 3 rings (SSSR count). The number of hydrogen-bond donors (Lipinski definition) is 1. The first-order valence-corrected chi connectivity index (χ1v) is 7.59. The van der Waals surface area contributed by atoms with Crippen LogP contribution in [0.15, 0.2) is 29.6 Å². The van der Waals surface area contributed by atoms with Gasteiger partial charge in [-0.05, 0) is 18.9 Å². The maximum atomic E-state index is 12.3. The molecule has 6 heteroatoms. The summed E-state index contributed by atoms with van der Waals surface area (Å²) >= 11 is 1.51. The number of rotatable bonds is 2. The van der Waals surface area contributed by atoms with Crippen LogP contribution in [-0.4, -0.2) is 34.9 Å². The number of amides is 1. The van der Waals surface area contributed by atoms with E-state index in [2.05, 4.69) is 18.0 Å². The number of aryl methyl sites for hydroxylation is 1. The highest BCUT2D eigenvalue weighted by Crippen LogP contribution is 2.27. The molecule has 4 nitrogen and oxygen atoms in total. The fourth-order valence-electron chi connectivity index (χ4n) is 2.44. The van der Waals surface area contributed by atoms with Gasteiger partial charge in [-0.3, -0.25) is 4.79 Å². The molecule has 0 saturated carbocycles. The Morgan fingerprint density at radius 1 is 1.43 bits per heavy atom. The monoisotopic (exact) mass is 323 g/mol. The largest absolute Gasteiger partial charge is 0.336 e. The zero-order valence-electron chi connectivity index (χ0n) is 11.8. The van der Waals surface area contributed by atoms with Crippen LogP contribution in [0.4, 0.5) is 0 Å². The van der Waals surface area contributed by atoms with E-state index in [1.54, 1.807) is 4.90 Å². The molecular formula is C15H18ClN3OS. The number of halogens is 1. The third-order valence-corrected chi connectivity index (χ3v) is 4.49. The van der Waals surface area contributed by atoms with E-state index in [-0.39, 0.29) is 24.4 Å². The number of aromatic nitrogens is 1. The highest BCUT2D eigenvalue weighted by Gasteiger charge is 2.26. The van der Waals surface area contributed by atoms with Crippen molar-refractivity contribution in [3.8, 4) is 10.6 Å². The minimum atomic E-state index is -0.00552. The summed E-state index contributed by atoms with van der Waals surface area (Å²) in [7, 11) is 0. The lowest BCUT2D eigenvalue weighted by Gasteiger charge is -2.13. The maximum Gasteiger partial charge on any atom is 0.273 e. The normalized spacial score (nSPS) is 17.6. The van der Waals surface area contributed by atoms with E-state index in [0.29, 0.717) is 12.2 Å². The molecule has 1 amide bonds. The van der Waals surface area contributed by atoms with Crippen molar-refractivity contribution in [3.63, 3.8) is 0 Å². The van der Waals surface area contributed by atoms with Gasteiger partial charge in [-0.25, -0.2) is 4.98 Å². The molecule has 0 radical (unpaired) electrons. The van der Waals surface area contributed by atoms with Crippen LogP contribution >= 0.6 is 23.7 Å². The fourth-order valence-corrected chi connectivity index (χ4v) is 3.33. The predicted octanol–water partition coefficient (Wildman–Crippen LogP) is 2.71. The van der Waals surface area contributed by atoms with E-state index >= 15 is 0 Å². The number of carbonyl (C=O) groups is 1. The number of benzene rings is 1. The van der Waals surface area contributed by atoms with Crippen LogP contribution in [-0.2, 0) is 0 Å². The van der Waals surface area contributed by atoms with E-state index in [0.717, 1.165) is 23.5 Å². The average molecular weight is 324 g/mol. The van der Waals surface area contributed by atoms with Crippen molar-refractivity contribution in [3.05, 3.63) is 40.9 Å². The highest BCUT2D eigenvalue weighted by molar-refractivity contribution is 7.13. The van der Waals surface area contributed by atoms with Gasteiger partial charge in [0.1, 0.15) is 10.7 Å². The van der Waals surface area contributed by atoms with Crippen LogP contribution < -0.4 is 5.73 Å². The molecule has 2 heterocycles. The molecule has 0 bridgehead atoms. The molecule has 2 aromatic rings. The Morgan fingerprint density at radius 3 is 2.86 bits per heavy atom. The van der Waals surface area contributed by atoms with Gasteiger partial charge in [-0.2, -0.15) is 0 Å². The third-order valence-electron chi connectivity index (χ3n) is 3.61. The van der Waals surface area contributed by atoms with Crippen LogP contribution in [0.5, 0.6) is 0 Å². The first kappa shape index (κ1) is 15.9. The van der Waals surface area contributed by atoms with Gasteiger partial charge in [0.05, 0.1) is 0 Å². The molecular weight excluding hydrogens is 306 g/mol. The Balaban J connectivity index is 0.00000161. The first-order chi connectivity index (χ1) is 9.65. The molecule has 0 spiro atoms. The molecule has 1 fully saturated rings. The van der Waals surface area contributed by atoms with Gasteiger partial charge in [0, 0.05) is 30.1 Å². The number of nitrogens with zero attached hydrogens (tertiary/aromatic N) is 2. The summed E-state index contributed by atoms with van der Waals surface area (Å²) in [5.41, 5.74) is 8.64. The summed E-state index contributed by atoms with van der Waals surface area (Å²) < 4.78 is 0. The number of thiazole rings is 1. The molecule has 2 N–H and O–H groups in total. The van der Waals surface area contributed by atoms with Gasteiger partial charge in [0.2, 0.25) is 0 Å². The summed E-state index contributed by atoms with van der Waals surface area (Å²) in [6.45, 7) is 3.42. The van der Waals surface area contributed by atoms with Gasteiger partial charge in [-0.15, -0.1) is 23.7 Å². The minimum Gasteiger partial charge on any atom is -0.336 e. The number of likely N-dealkylation sites (tertiary alicyclic amines) is 1. The second kappa shape index (κ2) is 6.56. The van der Waals surface area contributed by atoms with Crippen molar-refractivity contribution in [1.82, 2.24) is 9.88 Å². The third kappa shape index (κ3) is 3.26. The van der Waals surface area contributed by atoms with Crippen molar-refractivity contribution < 1.29 is 4.79 Å². The zero-order valence-corrected chi connectivity index (χ0v) is 13.4. The summed E-state index contributed by atoms with van der Waals surface area (Å²) in [6.07, 6.45) is 0.876. The molecule has 112 valence electrons. The Morgan fingerprint density at radius 2 is 2.19 bits per heavy atom. The summed E-state index contributed by atoms with van der Waals surface area (Å²) in [5.74, 6) is -0.00552. The van der Waals surface area contributed by atoms with Gasteiger partial charge in [-0.1, -0.05) is 24.3 Å². The lowest BCUT2D eigenvalue weighted by Crippen LogP contribution is -2.32. The van der Waals surface area contributed by atoms with E-state index in [1.165, 1.54) is 16.9 Å². The first-order valence-electron chi connectivity index (χ1n) is 6.71. The number of hydrogen-bond acceptors (Lipinski definition) is 4. The Kier molecular flexibility index (Phi) is 4.98. The van der Waals surface area contributed by atoms with Crippen molar-refractivity contribution in [2.24, 2.45) is 5.73 Å². The molecule has 1 aromatic heterocycles. The number of carbonyl (C=O) groups excluding carboxylic acids is 1. The smallest absolute Gasteiger partial charge is 0.273 e. The van der Waals surface area contributed by atoms with Crippen LogP contribution in [0.2, 0.25) is 0 Å². The topological polar surface area (TPSA) is 59.2 Å². The van der Waals surface area contributed by atoms with Crippen LogP contribution in [0.1, 0.15) is 22.5 Å². The van der Waals surface area contributed by atoms with E-state index < -0.39 is 0 Å². The quantitative estimate of drug-likeness (QED) is 0.924. The SMILES string of the molecule is Cc1ccccc1-c1nc(C(=O)N2CC[C@@H](N)C2)cs1.Cl. The second-order valence-corrected chi connectivity index (χ2v) is 6.01. The highest BCUT2D eigenvalue weighted by atomic mass is 35.5. The van der Waals surface area contributed by atoms with Gasteiger partial charge in [0.15, 0.2) is 0 Å². The van der Waals surface area contributed by atoms with Gasteiger partial charge >= 0.3 is 0 Å². The minimum absolute atomic E-state index is 0. The second-order valence-electron chi connectivity index (χ2n) is 5.15. The molecule has 1 aliphatic rings. The Hall–Kier alpha value is -1.43. The van der Waals surface area contributed by atoms with Crippen molar-refractivity contribution >= 4 is 29.7 Å². The van der Waals surface area contributed by atoms with E-state index in [9.17, 15) is 4.79 Å². The van der Waals surface area contributed by atoms with E-state index in [4.69, 9.17) is 5.73 Å². The fraction of sp³-hybridized carbons (Fsp3) is 0.333.